The van der Waals surface area contributed by atoms with Gasteiger partial charge >= 0.3 is 6.03 Å². The number of urea groups is 1. The van der Waals surface area contributed by atoms with Gasteiger partial charge in [-0.2, -0.15) is 0 Å². The number of piperidine rings is 1. The molecule has 10 heteroatoms. The van der Waals surface area contributed by atoms with Crippen molar-refractivity contribution in [3.8, 4) is 17.1 Å². The van der Waals surface area contributed by atoms with Crippen LogP contribution in [0, 0.1) is 0 Å². The molecule has 2 amide bonds. The Morgan fingerprint density at radius 1 is 0.905 bits per heavy atom. The molecule has 5 aromatic rings. The molecule has 2 N–H and O–H groups in total. The number of nitrogens with one attached hydrogen (secondary N) is 2. The van der Waals surface area contributed by atoms with Crippen LogP contribution in [0.15, 0.2) is 85.2 Å². The van der Waals surface area contributed by atoms with Gasteiger partial charge in [-0.1, -0.05) is 65.7 Å². The predicted molar refractivity (Wildman–Crippen MR) is 168 cm³/mol. The minimum Gasteiger partial charge on any atom is -0.354 e. The van der Waals surface area contributed by atoms with E-state index in [-0.39, 0.29) is 12.1 Å². The van der Waals surface area contributed by atoms with Crippen molar-refractivity contribution in [2.45, 2.75) is 38.3 Å². The second kappa shape index (κ2) is 11.6. The van der Waals surface area contributed by atoms with Gasteiger partial charge < -0.3 is 15.5 Å². The SMILES string of the molecule is CC(C)NC(=O)NC1(c2ccccc2)CCN(c2ncnc3c2nc(-c2ccccc2Cl)n3-c2ccc(Cl)cc2)CC1. The van der Waals surface area contributed by atoms with Gasteiger partial charge in [-0.3, -0.25) is 4.57 Å². The number of carbonyl (C=O) groups is 1. The van der Waals surface area contributed by atoms with Crippen LogP contribution in [0.1, 0.15) is 32.3 Å². The van der Waals surface area contributed by atoms with E-state index in [0.717, 1.165) is 22.6 Å². The number of anilines is 1. The minimum atomic E-state index is -0.506. The summed E-state index contributed by atoms with van der Waals surface area (Å²) in [6.45, 7) is 5.24. The molecule has 3 aromatic carbocycles. The summed E-state index contributed by atoms with van der Waals surface area (Å²) in [7, 11) is 0. The van der Waals surface area contributed by atoms with Crippen molar-refractivity contribution in [3.63, 3.8) is 0 Å². The molecule has 0 spiro atoms. The maximum Gasteiger partial charge on any atom is 0.315 e. The van der Waals surface area contributed by atoms with Crippen LogP contribution in [0.2, 0.25) is 10.0 Å². The number of rotatable bonds is 6. The van der Waals surface area contributed by atoms with Crippen LogP contribution < -0.4 is 15.5 Å². The van der Waals surface area contributed by atoms with E-state index in [2.05, 4.69) is 32.7 Å². The fraction of sp³-hybridized carbons (Fsp3) is 0.250. The summed E-state index contributed by atoms with van der Waals surface area (Å²) in [5, 5.41) is 7.52. The van der Waals surface area contributed by atoms with Crippen molar-refractivity contribution in [2.24, 2.45) is 0 Å². The first-order valence-corrected chi connectivity index (χ1v) is 14.7. The lowest BCUT2D eigenvalue weighted by atomic mass is 9.81. The molecule has 8 nitrogen and oxygen atoms in total. The van der Waals surface area contributed by atoms with Gasteiger partial charge in [0.2, 0.25) is 0 Å². The van der Waals surface area contributed by atoms with Gasteiger partial charge in [0.25, 0.3) is 0 Å². The van der Waals surface area contributed by atoms with Crippen molar-refractivity contribution < 1.29 is 4.79 Å². The van der Waals surface area contributed by atoms with Crippen molar-refractivity contribution in [3.05, 3.63) is 101 Å². The Labute approximate surface area is 254 Å². The number of fused-ring (bicyclic) bond motifs is 1. The Morgan fingerprint density at radius 3 is 2.29 bits per heavy atom. The Hall–Kier alpha value is -4.14. The second-order valence-electron chi connectivity index (χ2n) is 10.8. The van der Waals surface area contributed by atoms with Crippen molar-refractivity contribution >= 4 is 46.2 Å². The largest absolute Gasteiger partial charge is 0.354 e. The zero-order valence-corrected chi connectivity index (χ0v) is 24.9. The topological polar surface area (TPSA) is 88.0 Å². The Kier molecular flexibility index (Phi) is 7.75. The first-order chi connectivity index (χ1) is 20.3. The van der Waals surface area contributed by atoms with Gasteiger partial charge in [-0.15, -0.1) is 0 Å². The van der Waals surface area contributed by atoms with E-state index < -0.39 is 5.54 Å². The molecule has 0 saturated carbocycles. The molecule has 1 aliphatic heterocycles. The first kappa shape index (κ1) is 28.0. The van der Waals surface area contributed by atoms with E-state index in [1.54, 1.807) is 6.33 Å². The highest BCUT2D eigenvalue weighted by Gasteiger charge is 2.39. The van der Waals surface area contributed by atoms with E-state index >= 15 is 0 Å². The fourth-order valence-electron chi connectivity index (χ4n) is 5.63. The van der Waals surface area contributed by atoms with Crippen LogP contribution in [0.25, 0.3) is 28.2 Å². The molecular formula is C32H31Cl2N7O. The van der Waals surface area contributed by atoms with Crippen LogP contribution in [0.5, 0.6) is 0 Å². The highest BCUT2D eigenvalue weighted by atomic mass is 35.5. The number of aromatic nitrogens is 4. The quantitative estimate of drug-likeness (QED) is 0.219. The number of carbonyl (C=O) groups excluding carboxylic acids is 1. The lowest BCUT2D eigenvalue weighted by Gasteiger charge is -2.43. The first-order valence-electron chi connectivity index (χ1n) is 14.0. The fourth-order valence-corrected chi connectivity index (χ4v) is 5.97. The van der Waals surface area contributed by atoms with E-state index in [1.165, 1.54) is 0 Å². The van der Waals surface area contributed by atoms with E-state index in [0.29, 0.717) is 53.0 Å². The number of halogens is 2. The summed E-state index contributed by atoms with van der Waals surface area (Å²) in [5.41, 5.74) is 3.59. The summed E-state index contributed by atoms with van der Waals surface area (Å²) >= 11 is 12.9. The van der Waals surface area contributed by atoms with Gasteiger partial charge in [-0.25, -0.2) is 19.7 Å². The molecule has 6 rings (SSSR count). The summed E-state index contributed by atoms with van der Waals surface area (Å²) in [4.78, 5) is 29.6. The van der Waals surface area contributed by atoms with Gasteiger partial charge in [0.15, 0.2) is 17.0 Å². The van der Waals surface area contributed by atoms with Gasteiger partial charge in [0.1, 0.15) is 12.2 Å². The highest BCUT2D eigenvalue weighted by Crippen LogP contribution is 2.38. The molecule has 0 atom stereocenters. The number of benzene rings is 3. The molecule has 214 valence electrons. The molecule has 42 heavy (non-hydrogen) atoms. The zero-order valence-electron chi connectivity index (χ0n) is 23.4. The lowest BCUT2D eigenvalue weighted by molar-refractivity contribution is 0.209. The van der Waals surface area contributed by atoms with Gasteiger partial charge in [0, 0.05) is 35.4 Å². The normalized spacial score (nSPS) is 14.7. The molecule has 2 aromatic heterocycles. The summed E-state index contributed by atoms with van der Waals surface area (Å²) in [6, 6.07) is 25.3. The summed E-state index contributed by atoms with van der Waals surface area (Å²) in [5.74, 6) is 1.41. The van der Waals surface area contributed by atoms with Gasteiger partial charge in [-0.05, 0) is 68.7 Å². The Morgan fingerprint density at radius 2 is 1.60 bits per heavy atom. The average molecular weight is 601 g/mol. The van der Waals surface area contributed by atoms with Crippen LogP contribution in [-0.2, 0) is 5.54 Å². The maximum atomic E-state index is 12.9. The van der Waals surface area contributed by atoms with Crippen LogP contribution in [0.4, 0.5) is 10.6 Å². The molecule has 1 saturated heterocycles. The minimum absolute atomic E-state index is 0.0373. The lowest BCUT2D eigenvalue weighted by Crippen LogP contribution is -2.56. The van der Waals surface area contributed by atoms with Gasteiger partial charge in [0.05, 0.1) is 10.6 Å². The third-order valence-corrected chi connectivity index (χ3v) is 8.22. The zero-order chi connectivity index (χ0) is 29.3. The monoisotopic (exact) mass is 599 g/mol. The standard InChI is InChI=1S/C32H31Cl2N7O/c1-21(2)37-31(42)39-32(22-8-4-3-5-9-22)16-18-40(19-17-32)29-27-30(36-20-35-29)41(24-14-12-23(33)13-15-24)28(38-27)25-10-6-7-11-26(25)34/h3-15,20-21H,16-19H2,1-2H3,(H2,37,39,42). The molecule has 1 aliphatic rings. The summed E-state index contributed by atoms with van der Waals surface area (Å²) in [6.07, 6.45) is 2.97. The predicted octanol–water partition coefficient (Wildman–Crippen LogP) is 6.99. The molecule has 3 heterocycles. The molecule has 0 bridgehead atoms. The average Bonchev–Trinajstić information content (AvgIpc) is 3.38. The summed E-state index contributed by atoms with van der Waals surface area (Å²) < 4.78 is 1.99. The van der Waals surface area contributed by atoms with E-state index in [4.69, 9.17) is 33.2 Å². The van der Waals surface area contributed by atoms with E-state index in [1.807, 2.05) is 85.1 Å². The van der Waals surface area contributed by atoms with Crippen molar-refractivity contribution in [1.29, 1.82) is 0 Å². The maximum absolute atomic E-state index is 12.9. The van der Waals surface area contributed by atoms with Crippen LogP contribution in [0.3, 0.4) is 0 Å². The number of nitrogens with zero attached hydrogens (tertiary/aromatic N) is 5. The molecule has 0 aliphatic carbocycles. The molecule has 0 radical (unpaired) electrons. The number of hydrogen-bond donors (Lipinski definition) is 2. The Bertz CT molecular complexity index is 1710. The highest BCUT2D eigenvalue weighted by molar-refractivity contribution is 6.33. The molecule has 1 fully saturated rings. The Balaban J connectivity index is 1.40. The third kappa shape index (κ3) is 5.40. The number of amides is 2. The molecular weight excluding hydrogens is 569 g/mol. The third-order valence-electron chi connectivity index (χ3n) is 7.64. The number of imidazole rings is 1. The second-order valence-corrected chi connectivity index (χ2v) is 11.6. The number of hydrogen-bond acceptors (Lipinski definition) is 5. The van der Waals surface area contributed by atoms with Crippen molar-refractivity contribution in [2.75, 3.05) is 18.0 Å². The smallest absolute Gasteiger partial charge is 0.315 e. The van der Waals surface area contributed by atoms with Crippen LogP contribution >= 0.6 is 23.2 Å². The van der Waals surface area contributed by atoms with Crippen molar-refractivity contribution in [1.82, 2.24) is 30.2 Å². The van der Waals surface area contributed by atoms with E-state index in [9.17, 15) is 4.79 Å². The molecule has 0 unspecified atom stereocenters. The van der Waals surface area contributed by atoms with Crippen LogP contribution in [-0.4, -0.2) is 44.7 Å².